The molecule has 0 spiro atoms. The van der Waals surface area contributed by atoms with E-state index in [1.807, 2.05) is 0 Å². The van der Waals surface area contributed by atoms with Crippen molar-refractivity contribution in [2.45, 2.75) is 46.0 Å². The number of aromatic amines is 1. The maximum absolute atomic E-state index is 3.64. The number of para-hydroxylation sites is 1. The zero-order chi connectivity index (χ0) is 15.5. The second-order valence-electron chi connectivity index (χ2n) is 6.29. The van der Waals surface area contributed by atoms with Crippen LogP contribution < -0.4 is 0 Å². The first-order valence-electron chi connectivity index (χ1n) is 8.41. The lowest BCUT2D eigenvalue weighted by Crippen LogP contribution is -2.03. The van der Waals surface area contributed by atoms with E-state index in [2.05, 4.69) is 71.2 Å². The fourth-order valence-corrected chi connectivity index (χ4v) is 3.80. The van der Waals surface area contributed by atoms with Gasteiger partial charge in [0.2, 0.25) is 0 Å². The summed E-state index contributed by atoms with van der Waals surface area (Å²) in [5.74, 6) is 0.814. The number of halogens is 1. The van der Waals surface area contributed by atoms with E-state index in [1.165, 1.54) is 59.5 Å². The molecule has 1 unspecified atom stereocenters. The van der Waals surface area contributed by atoms with Crippen molar-refractivity contribution in [1.82, 2.24) is 4.98 Å². The van der Waals surface area contributed by atoms with Crippen molar-refractivity contribution in [2.75, 3.05) is 0 Å². The van der Waals surface area contributed by atoms with Crippen molar-refractivity contribution < 1.29 is 0 Å². The number of hydrogen-bond donors (Lipinski definition) is 1. The maximum atomic E-state index is 3.64. The third-order valence-electron chi connectivity index (χ3n) is 4.72. The molecule has 22 heavy (non-hydrogen) atoms. The Morgan fingerprint density at radius 2 is 1.95 bits per heavy atom. The first kappa shape index (κ1) is 15.6. The van der Waals surface area contributed by atoms with E-state index in [4.69, 9.17) is 0 Å². The Morgan fingerprint density at radius 3 is 2.73 bits per heavy atom. The summed E-state index contributed by atoms with van der Waals surface area (Å²) in [5.41, 5.74) is 3.90. The van der Waals surface area contributed by atoms with E-state index >= 15 is 0 Å². The molecule has 0 saturated heterocycles. The van der Waals surface area contributed by atoms with Gasteiger partial charge in [-0.1, -0.05) is 57.7 Å². The van der Waals surface area contributed by atoms with Crippen molar-refractivity contribution >= 4 is 37.7 Å². The molecule has 0 saturated carbocycles. The van der Waals surface area contributed by atoms with Gasteiger partial charge in [-0.2, -0.15) is 0 Å². The van der Waals surface area contributed by atoms with E-state index in [1.54, 1.807) is 0 Å². The quantitative estimate of drug-likeness (QED) is 0.496. The average molecular weight is 358 g/mol. The number of rotatable bonds is 6. The van der Waals surface area contributed by atoms with E-state index in [-0.39, 0.29) is 0 Å². The molecule has 1 aromatic heterocycles. The Kier molecular flexibility index (Phi) is 4.87. The topological polar surface area (TPSA) is 15.8 Å². The van der Waals surface area contributed by atoms with E-state index in [0.717, 1.165) is 10.4 Å². The van der Waals surface area contributed by atoms with Gasteiger partial charge in [0.25, 0.3) is 0 Å². The Balaban J connectivity index is 1.95. The van der Waals surface area contributed by atoms with Crippen LogP contribution in [-0.2, 0) is 6.42 Å². The molecule has 1 N–H and O–H groups in total. The van der Waals surface area contributed by atoms with Crippen molar-refractivity contribution in [3.05, 3.63) is 46.4 Å². The molecule has 1 heterocycles. The van der Waals surface area contributed by atoms with Gasteiger partial charge in [-0.05, 0) is 52.0 Å². The lowest BCUT2D eigenvalue weighted by molar-refractivity contribution is 0.449. The van der Waals surface area contributed by atoms with Crippen LogP contribution in [-0.4, -0.2) is 4.98 Å². The molecule has 3 rings (SSSR count). The van der Waals surface area contributed by atoms with Crippen LogP contribution in [0.1, 0.15) is 45.1 Å². The fourth-order valence-electron chi connectivity index (χ4n) is 3.34. The Hall–Kier alpha value is -1.28. The monoisotopic (exact) mass is 357 g/mol. The lowest BCUT2D eigenvalue weighted by atomic mass is 9.91. The largest absolute Gasteiger partial charge is 0.354 e. The van der Waals surface area contributed by atoms with Gasteiger partial charge in [-0.25, -0.2) is 0 Å². The van der Waals surface area contributed by atoms with Gasteiger partial charge < -0.3 is 4.98 Å². The number of benzene rings is 2. The van der Waals surface area contributed by atoms with Crippen LogP contribution in [0.4, 0.5) is 0 Å². The van der Waals surface area contributed by atoms with Crippen LogP contribution in [0.15, 0.2) is 40.9 Å². The van der Waals surface area contributed by atoms with E-state index in [9.17, 15) is 0 Å². The standard InChI is InChI=1S/C20H24BrN/c1-3-5-7-14(4-2)12-15-10-11-19-17(13-15)16-8-6-9-18(21)20(16)22-19/h6,8-11,13-14,22H,3-5,7,12H2,1-2H3. The molecule has 0 radical (unpaired) electrons. The normalized spacial score (nSPS) is 13.0. The van der Waals surface area contributed by atoms with Crippen LogP contribution in [0.2, 0.25) is 0 Å². The van der Waals surface area contributed by atoms with Crippen LogP contribution in [0.5, 0.6) is 0 Å². The Morgan fingerprint density at radius 1 is 1.09 bits per heavy atom. The van der Waals surface area contributed by atoms with Gasteiger partial charge in [0, 0.05) is 20.8 Å². The van der Waals surface area contributed by atoms with Crippen molar-refractivity contribution in [1.29, 1.82) is 0 Å². The third-order valence-corrected chi connectivity index (χ3v) is 5.38. The SMILES string of the molecule is CCCCC(CC)Cc1ccc2[nH]c3c(Br)cccc3c2c1. The number of aromatic nitrogens is 1. The zero-order valence-electron chi connectivity index (χ0n) is 13.5. The molecule has 0 aliphatic carbocycles. The Bertz CT molecular complexity index is 772. The predicted octanol–water partition coefficient (Wildman–Crippen LogP) is 6.84. The van der Waals surface area contributed by atoms with Crippen LogP contribution in [0.25, 0.3) is 21.8 Å². The van der Waals surface area contributed by atoms with Crippen LogP contribution in [0, 0.1) is 5.92 Å². The second kappa shape index (κ2) is 6.87. The minimum absolute atomic E-state index is 0.814. The highest BCUT2D eigenvalue weighted by atomic mass is 79.9. The van der Waals surface area contributed by atoms with Crippen molar-refractivity contribution in [3.8, 4) is 0 Å². The summed E-state index contributed by atoms with van der Waals surface area (Å²) in [4.78, 5) is 3.53. The van der Waals surface area contributed by atoms with Gasteiger partial charge in [0.05, 0.1) is 5.52 Å². The molecule has 2 aromatic carbocycles. The summed E-state index contributed by atoms with van der Waals surface area (Å²) in [6.45, 7) is 4.60. The predicted molar refractivity (Wildman–Crippen MR) is 101 cm³/mol. The minimum atomic E-state index is 0.814. The summed E-state index contributed by atoms with van der Waals surface area (Å²) >= 11 is 3.64. The molecular formula is C20H24BrN. The first-order chi connectivity index (χ1) is 10.7. The molecule has 0 fully saturated rings. The van der Waals surface area contributed by atoms with Gasteiger partial charge in [-0.15, -0.1) is 0 Å². The number of fused-ring (bicyclic) bond motifs is 3. The molecule has 1 atom stereocenters. The maximum Gasteiger partial charge on any atom is 0.0609 e. The smallest absolute Gasteiger partial charge is 0.0609 e. The molecule has 0 aliphatic rings. The summed E-state index contributed by atoms with van der Waals surface area (Å²) in [5, 5.41) is 2.66. The highest BCUT2D eigenvalue weighted by molar-refractivity contribution is 9.10. The fraction of sp³-hybridized carbons (Fsp3) is 0.400. The van der Waals surface area contributed by atoms with Crippen molar-refractivity contribution in [3.63, 3.8) is 0 Å². The molecule has 0 amide bonds. The highest BCUT2D eigenvalue weighted by Gasteiger charge is 2.10. The molecule has 2 heteroatoms. The number of unbranched alkanes of at least 4 members (excludes halogenated alkanes) is 1. The number of hydrogen-bond acceptors (Lipinski definition) is 0. The van der Waals surface area contributed by atoms with Crippen molar-refractivity contribution in [2.24, 2.45) is 5.92 Å². The van der Waals surface area contributed by atoms with Crippen LogP contribution in [0.3, 0.4) is 0 Å². The highest BCUT2D eigenvalue weighted by Crippen LogP contribution is 2.31. The molecular weight excluding hydrogens is 334 g/mol. The number of nitrogens with one attached hydrogen (secondary N) is 1. The summed E-state index contributed by atoms with van der Waals surface area (Å²) in [6.07, 6.45) is 6.47. The Labute approximate surface area is 141 Å². The van der Waals surface area contributed by atoms with Gasteiger partial charge in [0.1, 0.15) is 0 Å². The summed E-state index contributed by atoms with van der Waals surface area (Å²) in [6, 6.07) is 13.3. The summed E-state index contributed by atoms with van der Waals surface area (Å²) in [7, 11) is 0. The zero-order valence-corrected chi connectivity index (χ0v) is 15.0. The molecule has 0 bridgehead atoms. The second-order valence-corrected chi connectivity index (χ2v) is 7.14. The molecule has 3 aromatic rings. The minimum Gasteiger partial charge on any atom is -0.354 e. The van der Waals surface area contributed by atoms with Crippen LogP contribution >= 0.6 is 15.9 Å². The average Bonchev–Trinajstić information content (AvgIpc) is 2.91. The third kappa shape index (κ3) is 3.08. The van der Waals surface area contributed by atoms with E-state index in [0.29, 0.717) is 0 Å². The first-order valence-corrected chi connectivity index (χ1v) is 9.21. The summed E-state index contributed by atoms with van der Waals surface area (Å²) < 4.78 is 1.14. The van der Waals surface area contributed by atoms with Gasteiger partial charge >= 0.3 is 0 Å². The molecule has 1 nitrogen and oxygen atoms in total. The molecule has 0 aliphatic heterocycles. The lowest BCUT2D eigenvalue weighted by Gasteiger charge is -2.14. The van der Waals surface area contributed by atoms with E-state index < -0.39 is 0 Å². The number of H-pyrrole nitrogens is 1. The molecule has 116 valence electrons. The van der Waals surface area contributed by atoms with Gasteiger partial charge in [0.15, 0.2) is 0 Å². The van der Waals surface area contributed by atoms with Gasteiger partial charge in [-0.3, -0.25) is 0 Å².